The average Bonchev–Trinajstić information content (AvgIpc) is 3.01. The highest BCUT2D eigenvalue weighted by molar-refractivity contribution is 5.87. The Morgan fingerprint density at radius 2 is 1.60 bits per heavy atom. The van der Waals surface area contributed by atoms with Gasteiger partial charge in [0.05, 0.1) is 12.2 Å². The van der Waals surface area contributed by atoms with Crippen LogP contribution < -0.4 is 9.64 Å². The van der Waals surface area contributed by atoms with Crippen LogP contribution in [0, 0.1) is 5.92 Å². The molecule has 3 aromatic rings. The number of unbranched alkanes of at least 4 members (excludes halogenated alkanes) is 1. The number of carboxylic acids is 2. The SMILES string of the molecule is O=C(O)CCCCC(CCc1ccccc1OCCCN1CCN(c2ncccn2)CC1)Cc1ccc(C(=O)O)cc1. The Hall–Kier alpha value is -3.98. The Morgan fingerprint density at radius 3 is 2.31 bits per heavy atom. The van der Waals surface area contributed by atoms with Gasteiger partial charge in [0.2, 0.25) is 5.95 Å². The quantitative estimate of drug-likeness (QED) is 0.210. The van der Waals surface area contributed by atoms with Crippen molar-refractivity contribution in [3.63, 3.8) is 0 Å². The van der Waals surface area contributed by atoms with Crippen LogP contribution in [-0.2, 0) is 17.6 Å². The number of aliphatic carboxylic acids is 1. The van der Waals surface area contributed by atoms with Crippen LogP contribution in [0.1, 0.15) is 60.0 Å². The van der Waals surface area contributed by atoms with Crippen LogP contribution in [0.3, 0.4) is 0 Å². The van der Waals surface area contributed by atoms with E-state index >= 15 is 0 Å². The van der Waals surface area contributed by atoms with Gasteiger partial charge in [-0.3, -0.25) is 9.69 Å². The van der Waals surface area contributed by atoms with Gasteiger partial charge in [0.1, 0.15) is 5.75 Å². The summed E-state index contributed by atoms with van der Waals surface area (Å²) in [5.41, 5.74) is 2.57. The van der Waals surface area contributed by atoms with E-state index in [1.807, 2.05) is 36.4 Å². The molecule has 0 spiro atoms. The first-order valence-electron chi connectivity index (χ1n) is 15.0. The number of ether oxygens (including phenoxy) is 1. The Balaban J connectivity index is 1.24. The molecule has 0 radical (unpaired) electrons. The summed E-state index contributed by atoms with van der Waals surface area (Å²) in [4.78, 5) is 35.6. The number of hydrogen-bond donors (Lipinski definition) is 2. The Bertz CT molecular complexity index is 1250. The van der Waals surface area contributed by atoms with Crippen molar-refractivity contribution in [2.24, 2.45) is 5.92 Å². The lowest BCUT2D eigenvalue weighted by Gasteiger charge is -2.34. The van der Waals surface area contributed by atoms with Gasteiger partial charge in [-0.25, -0.2) is 14.8 Å². The number of aryl methyl sites for hydroxylation is 1. The number of rotatable bonds is 17. The van der Waals surface area contributed by atoms with Gasteiger partial charge in [-0.2, -0.15) is 0 Å². The molecule has 1 aliphatic rings. The Kier molecular flexibility index (Phi) is 12.1. The van der Waals surface area contributed by atoms with E-state index in [2.05, 4.69) is 25.8 Å². The van der Waals surface area contributed by atoms with Crippen molar-refractivity contribution < 1.29 is 24.5 Å². The third-order valence-electron chi connectivity index (χ3n) is 7.86. The van der Waals surface area contributed by atoms with Gasteiger partial charge in [-0.05, 0) is 73.4 Å². The van der Waals surface area contributed by atoms with Crippen LogP contribution in [0.2, 0.25) is 0 Å². The van der Waals surface area contributed by atoms with Crippen LogP contribution in [0.5, 0.6) is 5.75 Å². The van der Waals surface area contributed by atoms with Crippen LogP contribution in [0.4, 0.5) is 5.95 Å². The van der Waals surface area contributed by atoms with Crippen molar-refractivity contribution in [2.45, 2.75) is 51.4 Å². The lowest BCUT2D eigenvalue weighted by molar-refractivity contribution is -0.137. The molecule has 9 nitrogen and oxygen atoms in total. The minimum atomic E-state index is -0.927. The zero-order chi connectivity index (χ0) is 29.6. The highest BCUT2D eigenvalue weighted by Gasteiger charge is 2.18. The van der Waals surface area contributed by atoms with Crippen molar-refractivity contribution in [3.8, 4) is 5.75 Å². The second kappa shape index (κ2) is 16.5. The van der Waals surface area contributed by atoms with E-state index in [0.717, 1.165) is 88.5 Å². The molecule has 0 bridgehead atoms. The lowest BCUT2D eigenvalue weighted by Crippen LogP contribution is -2.47. The number of aromatic carboxylic acids is 1. The molecule has 0 aliphatic carbocycles. The molecule has 0 saturated carbocycles. The number of nitrogens with zero attached hydrogens (tertiary/aromatic N) is 4. The van der Waals surface area contributed by atoms with Gasteiger partial charge in [0, 0.05) is 51.5 Å². The second-order valence-electron chi connectivity index (χ2n) is 10.9. The predicted octanol–water partition coefficient (Wildman–Crippen LogP) is 5.20. The monoisotopic (exact) mass is 574 g/mol. The topological polar surface area (TPSA) is 116 Å². The van der Waals surface area contributed by atoms with Crippen LogP contribution in [0.25, 0.3) is 0 Å². The Morgan fingerprint density at radius 1 is 0.857 bits per heavy atom. The molecule has 1 unspecified atom stereocenters. The van der Waals surface area contributed by atoms with Crippen LogP contribution >= 0.6 is 0 Å². The number of hydrogen-bond acceptors (Lipinski definition) is 7. The zero-order valence-electron chi connectivity index (χ0n) is 24.2. The fourth-order valence-corrected chi connectivity index (χ4v) is 5.48. The number of benzene rings is 2. The predicted molar refractivity (Wildman–Crippen MR) is 162 cm³/mol. The summed E-state index contributed by atoms with van der Waals surface area (Å²) in [6, 6.07) is 17.1. The third-order valence-corrected chi connectivity index (χ3v) is 7.86. The minimum Gasteiger partial charge on any atom is -0.493 e. The largest absolute Gasteiger partial charge is 0.493 e. The highest BCUT2D eigenvalue weighted by atomic mass is 16.5. The molecule has 1 aromatic heterocycles. The standard InChI is InChI=1S/C33H42N4O5/c38-31(39)10-4-1-7-26(25-27-12-15-29(16-13-27)32(40)41)11-14-28-8-2-3-9-30(28)42-24-6-19-36-20-22-37(23-21-36)33-34-17-5-18-35-33/h2-3,5,8-9,12-13,15-18,26H,1,4,6-7,10-11,14,19-25H2,(H,38,39)(H,40,41). The van der Waals surface area contributed by atoms with Gasteiger partial charge >= 0.3 is 11.9 Å². The lowest BCUT2D eigenvalue weighted by atomic mass is 9.88. The first-order chi connectivity index (χ1) is 20.5. The summed E-state index contributed by atoms with van der Waals surface area (Å²) in [6.07, 6.45) is 9.82. The van der Waals surface area contributed by atoms with Gasteiger partial charge in [-0.15, -0.1) is 0 Å². The average molecular weight is 575 g/mol. The van der Waals surface area contributed by atoms with Gasteiger partial charge in [0.15, 0.2) is 0 Å². The van der Waals surface area contributed by atoms with Crippen molar-refractivity contribution in [1.29, 1.82) is 0 Å². The molecule has 2 heterocycles. The van der Waals surface area contributed by atoms with Crippen molar-refractivity contribution in [2.75, 3.05) is 44.2 Å². The number of carbonyl (C=O) groups is 2. The molecule has 1 fully saturated rings. The molecule has 4 rings (SSSR count). The summed E-state index contributed by atoms with van der Waals surface area (Å²) in [5, 5.41) is 18.2. The maximum absolute atomic E-state index is 11.2. The molecule has 42 heavy (non-hydrogen) atoms. The minimum absolute atomic E-state index is 0.188. The maximum atomic E-state index is 11.2. The first kappa shape index (κ1) is 31.0. The van der Waals surface area contributed by atoms with Crippen molar-refractivity contribution in [3.05, 3.63) is 83.7 Å². The summed E-state index contributed by atoms with van der Waals surface area (Å²) in [6.45, 7) is 5.48. The summed E-state index contributed by atoms with van der Waals surface area (Å²) < 4.78 is 6.25. The third kappa shape index (κ3) is 10.1. The number of para-hydroxylation sites is 1. The highest BCUT2D eigenvalue weighted by Crippen LogP contribution is 2.26. The molecule has 0 amide bonds. The van der Waals surface area contributed by atoms with E-state index in [9.17, 15) is 14.7 Å². The van der Waals surface area contributed by atoms with Crippen molar-refractivity contribution >= 4 is 17.9 Å². The molecule has 1 saturated heterocycles. The summed E-state index contributed by atoms with van der Waals surface area (Å²) in [5.74, 6) is 0.409. The number of carboxylic acid groups (broad SMARTS) is 2. The Labute approximate surface area is 248 Å². The van der Waals surface area contributed by atoms with E-state index < -0.39 is 11.9 Å². The van der Waals surface area contributed by atoms with Gasteiger partial charge < -0.3 is 19.8 Å². The number of piperazine rings is 1. The first-order valence-corrected chi connectivity index (χ1v) is 15.0. The van der Waals surface area contributed by atoms with Crippen molar-refractivity contribution in [1.82, 2.24) is 14.9 Å². The molecule has 224 valence electrons. The van der Waals surface area contributed by atoms with E-state index in [0.29, 0.717) is 18.9 Å². The van der Waals surface area contributed by atoms with Crippen LogP contribution in [-0.4, -0.2) is 76.4 Å². The van der Waals surface area contributed by atoms with E-state index in [-0.39, 0.29) is 12.0 Å². The normalized spacial score (nSPS) is 14.4. The molecular formula is C33H42N4O5. The zero-order valence-corrected chi connectivity index (χ0v) is 24.2. The molecule has 1 atom stereocenters. The number of aromatic nitrogens is 2. The molecule has 1 aliphatic heterocycles. The fourth-order valence-electron chi connectivity index (χ4n) is 5.48. The maximum Gasteiger partial charge on any atom is 0.335 e. The summed E-state index contributed by atoms with van der Waals surface area (Å²) >= 11 is 0. The smallest absolute Gasteiger partial charge is 0.335 e. The second-order valence-corrected chi connectivity index (χ2v) is 10.9. The number of anilines is 1. The molecule has 9 heteroatoms. The van der Waals surface area contributed by atoms with Gasteiger partial charge in [-0.1, -0.05) is 43.2 Å². The molecular weight excluding hydrogens is 532 g/mol. The van der Waals surface area contributed by atoms with Gasteiger partial charge in [0.25, 0.3) is 0 Å². The van der Waals surface area contributed by atoms with E-state index in [4.69, 9.17) is 9.84 Å². The van der Waals surface area contributed by atoms with Crippen LogP contribution in [0.15, 0.2) is 67.0 Å². The van der Waals surface area contributed by atoms with E-state index in [1.165, 1.54) is 5.56 Å². The molecule has 2 N–H and O–H groups in total. The summed E-state index contributed by atoms with van der Waals surface area (Å²) in [7, 11) is 0. The molecule has 2 aromatic carbocycles. The fraction of sp³-hybridized carbons (Fsp3) is 0.455. The van der Waals surface area contributed by atoms with E-state index in [1.54, 1.807) is 24.5 Å².